The van der Waals surface area contributed by atoms with Crippen LogP contribution in [0.5, 0.6) is 0 Å². The monoisotopic (exact) mass is 197 g/mol. The Morgan fingerprint density at radius 2 is 2.08 bits per heavy atom. The fourth-order valence-electron chi connectivity index (χ4n) is 1.63. The maximum absolute atomic E-state index is 13.5. The summed E-state index contributed by atoms with van der Waals surface area (Å²) in [6.45, 7) is 1.88. The van der Waals surface area contributed by atoms with Crippen LogP contribution in [0.1, 0.15) is 5.56 Å². The summed E-state index contributed by atoms with van der Waals surface area (Å²) in [7, 11) is 1.89. The van der Waals surface area contributed by atoms with Crippen LogP contribution in [0.4, 0.5) is 4.39 Å². The van der Waals surface area contributed by atoms with Crippen LogP contribution in [-0.2, 0) is 7.05 Å². The Balaban J connectivity index is 2.98. The second-order valence-electron chi connectivity index (χ2n) is 3.18. The van der Waals surface area contributed by atoms with Gasteiger partial charge < -0.3 is 4.57 Å². The highest BCUT2D eigenvalue weighted by Crippen LogP contribution is 2.27. The largest absolute Gasteiger partial charge is 0.350 e. The van der Waals surface area contributed by atoms with E-state index in [2.05, 4.69) is 0 Å². The van der Waals surface area contributed by atoms with Gasteiger partial charge in [-0.3, -0.25) is 0 Å². The third kappa shape index (κ3) is 1.13. The fourth-order valence-corrected chi connectivity index (χ4v) is 1.79. The summed E-state index contributed by atoms with van der Waals surface area (Å²) >= 11 is 5.68. The zero-order valence-corrected chi connectivity index (χ0v) is 8.19. The zero-order chi connectivity index (χ0) is 9.59. The Morgan fingerprint density at radius 1 is 1.38 bits per heavy atom. The molecule has 0 fully saturated rings. The molecule has 0 spiro atoms. The maximum atomic E-state index is 13.5. The topological polar surface area (TPSA) is 4.93 Å². The molecule has 0 saturated heterocycles. The third-order valence-electron chi connectivity index (χ3n) is 2.23. The van der Waals surface area contributed by atoms with E-state index in [1.165, 1.54) is 0 Å². The van der Waals surface area contributed by atoms with Crippen LogP contribution in [0.25, 0.3) is 10.9 Å². The van der Waals surface area contributed by atoms with Crippen molar-refractivity contribution in [3.63, 3.8) is 0 Å². The number of benzene rings is 1. The summed E-state index contributed by atoms with van der Waals surface area (Å²) in [5.74, 6) is -0.322. The molecule has 2 aromatic rings. The van der Waals surface area contributed by atoms with Gasteiger partial charge >= 0.3 is 0 Å². The summed E-state index contributed by atoms with van der Waals surface area (Å²) < 4.78 is 15.4. The van der Waals surface area contributed by atoms with E-state index >= 15 is 0 Å². The molecule has 1 nitrogen and oxygen atoms in total. The van der Waals surface area contributed by atoms with Crippen molar-refractivity contribution < 1.29 is 4.39 Å². The van der Waals surface area contributed by atoms with Crippen molar-refractivity contribution in [1.29, 1.82) is 0 Å². The average Bonchev–Trinajstić information content (AvgIpc) is 2.35. The molecule has 0 aliphatic heterocycles. The van der Waals surface area contributed by atoms with Crippen molar-refractivity contribution in [2.45, 2.75) is 6.92 Å². The summed E-state index contributed by atoms with van der Waals surface area (Å²) in [5, 5.41) is 0.803. The highest BCUT2D eigenvalue weighted by Gasteiger charge is 2.10. The normalized spacial score (nSPS) is 11.1. The molecule has 0 unspecified atom stereocenters. The van der Waals surface area contributed by atoms with E-state index < -0.39 is 0 Å². The van der Waals surface area contributed by atoms with E-state index in [9.17, 15) is 4.39 Å². The summed E-state index contributed by atoms with van der Waals surface area (Å²) in [5.41, 5.74) is 1.79. The van der Waals surface area contributed by atoms with Crippen LogP contribution in [0.15, 0.2) is 18.3 Å². The molecule has 1 aromatic heterocycles. The van der Waals surface area contributed by atoms with Crippen molar-refractivity contribution in [2.75, 3.05) is 0 Å². The lowest BCUT2D eigenvalue weighted by Gasteiger charge is -1.98. The third-order valence-corrected chi connectivity index (χ3v) is 2.53. The molecule has 2 rings (SSSR count). The van der Waals surface area contributed by atoms with E-state index in [1.807, 2.05) is 30.8 Å². The number of aryl methyl sites for hydroxylation is 2. The van der Waals surface area contributed by atoms with Crippen LogP contribution < -0.4 is 0 Å². The fraction of sp³-hybridized carbons (Fsp3) is 0.200. The smallest absolute Gasteiger partial charge is 0.151 e. The number of nitrogens with zero attached hydrogens (tertiary/aromatic N) is 1. The lowest BCUT2D eigenvalue weighted by Crippen LogP contribution is -1.85. The van der Waals surface area contributed by atoms with E-state index in [-0.39, 0.29) is 10.8 Å². The minimum Gasteiger partial charge on any atom is -0.350 e. The Kier molecular flexibility index (Phi) is 1.81. The molecule has 0 N–H and O–H groups in total. The number of hydrogen-bond donors (Lipinski definition) is 0. The Bertz CT molecular complexity index is 473. The molecule has 1 heterocycles. The number of fused-ring (bicyclic) bond motifs is 1. The van der Waals surface area contributed by atoms with Gasteiger partial charge in [-0.15, -0.1) is 0 Å². The summed E-state index contributed by atoms with van der Waals surface area (Å²) in [4.78, 5) is 0. The van der Waals surface area contributed by atoms with Gasteiger partial charge in [0.15, 0.2) is 5.82 Å². The SMILES string of the molecule is Cc1cn(C)c2ccc(Cl)c(F)c12. The molecule has 0 amide bonds. The van der Waals surface area contributed by atoms with E-state index in [1.54, 1.807) is 6.07 Å². The summed E-state index contributed by atoms with van der Waals surface area (Å²) in [6.07, 6.45) is 1.89. The quantitative estimate of drug-likeness (QED) is 0.611. The second-order valence-corrected chi connectivity index (χ2v) is 3.59. The van der Waals surface area contributed by atoms with Gasteiger partial charge in [0.2, 0.25) is 0 Å². The standard InChI is InChI=1S/C10H9ClFN/c1-6-5-13(2)8-4-3-7(11)10(12)9(6)8/h3-5H,1-2H3. The average molecular weight is 198 g/mol. The molecule has 0 atom stereocenters. The van der Waals surface area contributed by atoms with Crippen molar-refractivity contribution in [2.24, 2.45) is 7.05 Å². The number of aromatic nitrogens is 1. The first kappa shape index (κ1) is 8.57. The molecule has 3 heteroatoms. The van der Waals surface area contributed by atoms with E-state index in [0.717, 1.165) is 11.1 Å². The Hall–Kier alpha value is -1.02. The van der Waals surface area contributed by atoms with Gasteiger partial charge in [0, 0.05) is 18.6 Å². The van der Waals surface area contributed by atoms with Crippen molar-refractivity contribution in [1.82, 2.24) is 4.57 Å². The predicted molar refractivity (Wildman–Crippen MR) is 52.6 cm³/mol. The first-order valence-corrected chi connectivity index (χ1v) is 4.38. The number of hydrogen-bond acceptors (Lipinski definition) is 0. The van der Waals surface area contributed by atoms with Gasteiger partial charge in [0.1, 0.15) is 0 Å². The van der Waals surface area contributed by atoms with Gasteiger partial charge in [0.05, 0.1) is 10.5 Å². The van der Waals surface area contributed by atoms with Crippen LogP contribution in [0.3, 0.4) is 0 Å². The molecule has 0 radical (unpaired) electrons. The van der Waals surface area contributed by atoms with Crippen LogP contribution in [0, 0.1) is 12.7 Å². The molecular formula is C10H9ClFN. The van der Waals surface area contributed by atoms with Gasteiger partial charge in [-0.25, -0.2) is 4.39 Å². The van der Waals surface area contributed by atoms with E-state index in [0.29, 0.717) is 5.39 Å². The molecular weight excluding hydrogens is 189 g/mol. The van der Waals surface area contributed by atoms with Crippen LogP contribution in [-0.4, -0.2) is 4.57 Å². The predicted octanol–water partition coefficient (Wildman–Crippen LogP) is 3.28. The minimum atomic E-state index is -0.322. The lowest BCUT2D eigenvalue weighted by molar-refractivity contribution is 0.640. The Morgan fingerprint density at radius 3 is 2.77 bits per heavy atom. The minimum absolute atomic E-state index is 0.182. The molecule has 13 heavy (non-hydrogen) atoms. The number of halogens is 2. The highest BCUT2D eigenvalue weighted by molar-refractivity contribution is 6.31. The van der Waals surface area contributed by atoms with Gasteiger partial charge in [-0.05, 0) is 24.6 Å². The molecule has 0 aliphatic rings. The van der Waals surface area contributed by atoms with Gasteiger partial charge in [-0.2, -0.15) is 0 Å². The molecule has 0 aliphatic carbocycles. The maximum Gasteiger partial charge on any atom is 0.151 e. The van der Waals surface area contributed by atoms with Crippen molar-refractivity contribution >= 4 is 22.5 Å². The highest BCUT2D eigenvalue weighted by atomic mass is 35.5. The second kappa shape index (κ2) is 2.74. The molecule has 1 aromatic carbocycles. The molecule has 0 bridgehead atoms. The molecule has 68 valence electrons. The van der Waals surface area contributed by atoms with Gasteiger partial charge in [-0.1, -0.05) is 11.6 Å². The molecule has 0 saturated carbocycles. The summed E-state index contributed by atoms with van der Waals surface area (Å²) in [6, 6.07) is 3.41. The lowest BCUT2D eigenvalue weighted by atomic mass is 10.2. The first-order chi connectivity index (χ1) is 6.11. The zero-order valence-electron chi connectivity index (χ0n) is 7.44. The number of rotatable bonds is 0. The first-order valence-electron chi connectivity index (χ1n) is 4.01. The van der Waals surface area contributed by atoms with Crippen molar-refractivity contribution in [3.8, 4) is 0 Å². The van der Waals surface area contributed by atoms with Crippen LogP contribution in [0.2, 0.25) is 5.02 Å². The van der Waals surface area contributed by atoms with Crippen LogP contribution >= 0.6 is 11.6 Å². The van der Waals surface area contributed by atoms with Gasteiger partial charge in [0.25, 0.3) is 0 Å². The van der Waals surface area contributed by atoms with E-state index in [4.69, 9.17) is 11.6 Å². The van der Waals surface area contributed by atoms with Crippen molar-refractivity contribution in [3.05, 3.63) is 34.7 Å². The Labute approximate surface area is 80.7 Å².